The Balaban J connectivity index is 2.07. The lowest BCUT2D eigenvalue weighted by molar-refractivity contribution is -0.00552. The van der Waals surface area contributed by atoms with Gasteiger partial charge in [-0.05, 0) is 32.9 Å². The molecule has 1 aliphatic rings. The number of anilines is 1. The van der Waals surface area contributed by atoms with E-state index >= 15 is 0 Å². The molecule has 0 aromatic carbocycles. The van der Waals surface area contributed by atoms with Gasteiger partial charge in [-0.3, -0.25) is 0 Å². The maximum atomic E-state index is 11.5. The first-order chi connectivity index (χ1) is 9.10. The standard InChI is InChI=1S/C13H19N3O3/c1-4-18-13(17)11-5-6-12(15-14-11)16-7-9(2)19-10(3)8-16/h5-6,9-10H,4,7-8H2,1-3H3/t9-,10-/m1/s1. The second-order valence-corrected chi connectivity index (χ2v) is 4.66. The number of morpholine rings is 1. The highest BCUT2D eigenvalue weighted by Gasteiger charge is 2.23. The molecule has 1 aromatic heterocycles. The first kappa shape index (κ1) is 13.7. The lowest BCUT2D eigenvalue weighted by Crippen LogP contribution is -2.45. The first-order valence-corrected chi connectivity index (χ1v) is 6.51. The Morgan fingerprint density at radius 2 is 2.05 bits per heavy atom. The molecule has 2 rings (SSSR count). The zero-order valence-corrected chi connectivity index (χ0v) is 11.5. The van der Waals surface area contributed by atoms with E-state index in [0.717, 1.165) is 18.9 Å². The Kier molecular flexibility index (Phi) is 4.31. The molecule has 6 heteroatoms. The fraction of sp³-hybridized carbons (Fsp3) is 0.615. The van der Waals surface area contributed by atoms with E-state index < -0.39 is 5.97 Å². The van der Waals surface area contributed by atoms with Gasteiger partial charge in [-0.25, -0.2) is 4.79 Å². The second-order valence-electron chi connectivity index (χ2n) is 4.66. The summed E-state index contributed by atoms with van der Waals surface area (Å²) in [6.07, 6.45) is 0.325. The highest BCUT2D eigenvalue weighted by atomic mass is 16.5. The van der Waals surface area contributed by atoms with Crippen LogP contribution >= 0.6 is 0 Å². The summed E-state index contributed by atoms with van der Waals surface area (Å²) in [6, 6.07) is 3.44. The first-order valence-electron chi connectivity index (χ1n) is 6.51. The molecule has 0 N–H and O–H groups in total. The maximum Gasteiger partial charge on any atom is 0.358 e. The molecule has 1 aromatic rings. The summed E-state index contributed by atoms with van der Waals surface area (Å²) >= 11 is 0. The zero-order valence-electron chi connectivity index (χ0n) is 11.5. The van der Waals surface area contributed by atoms with Crippen molar-refractivity contribution in [3.8, 4) is 0 Å². The third-order valence-electron chi connectivity index (χ3n) is 2.88. The largest absolute Gasteiger partial charge is 0.461 e. The van der Waals surface area contributed by atoms with Crippen molar-refractivity contribution in [2.75, 3.05) is 24.6 Å². The SMILES string of the molecule is CCOC(=O)c1ccc(N2C[C@@H](C)O[C@H](C)C2)nn1. The molecule has 0 saturated carbocycles. The van der Waals surface area contributed by atoms with E-state index in [0.29, 0.717) is 6.61 Å². The molecule has 1 aliphatic heterocycles. The fourth-order valence-corrected chi connectivity index (χ4v) is 2.17. The van der Waals surface area contributed by atoms with Crippen LogP contribution in [0.5, 0.6) is 0 Å². The van der Waals surface area contributed by atoms with Crippen molar-refractivity contribution in [2.45, 2.75) is 33.0 Å². The van der Waals surface area contributed by atoms with Crippen LogP contribution in [0.1, 0.15) is 31.3 Å². The fourth-order valence-electron chi connectivity index (χ4n) is 2.17. The predicted octanol–water partition coefficient (Wildman–Crippen LogP) is 1.27. The molecule has 19 heavy (non-hydrogen) atoms. The van der Waals surface area contributed by atoms with Gasteiger partial charge < -0.3 is 14.4 Å². The molecule has 0 radical (unpaired) electrons. The second kappa shape index (κ2) is 5.97. The van der Waals surface area contributed by atoms with Crippen molar-refractivity contribution < 1.29 is 14.3 Å². The summed E-state index contributed by atoms with van der Waals surface area (Å²) in [5, 5.41) is 8.01. The van der Waals surface area contributed by atoms with Crippen molar-refractivity contribution in [1.82, 2.24) is 10.2 Å². The minimum absolute atomic E-state index is 0.162. The lowest BCUT2D eigenvalue weighted by atomic mass is 10.2. The quantitative estimate of drug-likeness (QED) is 0.767. The van der Waals surface area contributed by atoms with Crippen molar-refractivity contribution >= 4 is 11.8 Å². The van der Waals surface area contributed by atoms with Crippen LogP contribution in [-0.4, -0.2) is 48.1 Å². The third-order valence-corrected chi connectivity index (χ3v) is 2.88. The summed E-state index contributed by atoms with van der Waals surface area (Å²) in [4.78, 5) is 13.6. The molecule has 6 nitrogen and oxygen atoms in total. The number of carbonyl (C=O) groups excluding carboxylic acids is 1. The van der Waals surface area contributed by atoms with Crippen LogP contribution in [0.2, 0.25) is 0 Å². The normalized spacial score (nSPS) is 23.2. The van der Waals surface area contributed by atoms with Crippen LogP contribution in [0, 0.1) is 0 Å². The predicted molar refractivity (Wildman–Crippen MR) is 70.2 cm³/mol. The number of nitrogens with zero attached hydrogens (tertiary/aromatic N) is 3. The molecule has 0 bridgehead atoms. The Morgan fingerprint density at radius 1 is 1.37 bits per heavy atom. The van der Waals surface area contributed by atoms with E-state index in [9.17, 15) is 4.79 Å². The van der Waals surface area contributed by atoms with E-state index in [1.54, 1.807) is 19.1 Å². The number of aromatic nitrogens is 2. The van der Waals surface area contributed by atoms with Gasteiger partial charge in [0.25, 0.3) is 0 Å². The Bertz CT molecular complexity index is 425. The molecular weight excluding hydrogens is 246 g/mol. The van der Waals surface area contributed by atoms with Gasteiger partial charge in [0.15, 0.2) is 11.5 Å². The Labute approximate surface area is 112 Å². The molecule has 1 fully saturated rings. The highest BCUT2D eigenvalue weighted by Crippen LogP contribution is 2.17. The van der Waals surface area contributed by atoms with Crippen LogP contribution in [0.15, 0.2) is 12.1 Å². The molecule has 1 saturated heterocycles. The number of carbonyl (C=O) groups is 1. The summed E-state index contributed by atoms with van der Waals surface area (Å²) in [5.41, 5.74) is 0.236. The Morgan fingerprint density at radius 3 is 2.58 bits per heavy atom. The summed E-state index contributed by atoms with van der Waals surface area (Å²) < 4.78 is 10.5. The van der Waals surface area contributed by atoms with Gasteiger partial charge in [-0.1, -0.05) is 0 Å². The van der Waals surface area contributed by atoms with Gasteiger partial charge in [0.05, 0.1) is 18.8 Å². The minimum Gasteiger partial charge on any atom is -0.461 e. The Hall–Kier alpha value is -1.69. The topological polar surface area (TPSA) is 64.5 Å². The van der Waals surface area contributed by atoms with Crippen molar-refractivity contribution in [3.05, 3.63) is 17.8 Å². The molecule has 0 unspecified atom stereocenters. The molecular formula is C13H19N3O3. The highest BCUT2D eigenvalue weighted by molar-refractivity contribution is 5.87. The monoisotopic (exact) mass is 265 g/mol. The average Bonchev–Trinajstić information content (AvgIpc) is 2.38. The number of rotatable bonds is 3. The average molecular weight is 265 g/mol. The van der Waals surface area contributed by atoms with Crippen molar-refractivity contribution in [2.24, 2.45) is 0 Å². The van der Waals surface area contributed by atoms with E-state index in [1.807, 2.05) is 13.8 Å². The van der Waals surface area contributed by atoms with Gasteiger partial charge in [0.2, 0.25) is 0 Å². The number of ether oxygens (including phenoxy) is 2. The van der Waals surface area contributed by atoms with Crippen LogP contribution in [-0.2, 0) is 9.47 Å². The van der Waals surface area contributed by atoms with E-state index in [1.165, 1.54) is 0 Å². The summed E-state index contributed by atoms with van der Waals surface area (Å²) in [7, 11) is 0. The smallest absolute Gasteiger partial charge is 0.358 e. The maximum absolute atomic E-state index is 11.5. The van der Waals surface area contributed by atoms with Gasteiger partial charge in [-0.2, -0.15) is 0 Å². The molecule has 0 aliphatic carbocycles. The molecule has 104 valence electrons. The molecule has 2 atom stereocenters. The lowest BCUT2D eigenvalue weighted by Gasteiger charge is -2.35. The minimum atomic E-state index is -0.440. The van der Waals surface area contributed by atoms with E-state index in [4.69, 9.17) is 9.47 Å². The number of esters is 1. The van der Waals surface area contributed by atoms with E-state index in [-0.39, 0.29) is 17.9 Å². The van der Waals surface area contributed by atoms with Crippen LogP contribution in [0.4, 0.5) is 5.82 Å². The summed E-state index contributed by atoms with van der Waals surface area (Å²) in [5.74, 6) is 0.320. The number of hydrogen-bond acceptors (Lipinski definition) is 6. The molecule has 0 spiro atoms. The van der Waals surface area contributed by atoms with Crippen molar-refractivity contribution in [3.63, 3.8) is 0 Å². The van der Waals surface area contributed by atoms with Crippen LogP contribution in [0.3, 0.4) is 0 Å². The number of hydrogen-bond donors (Lipinski definition) is 0. The van der Waals surface area contributed by atoms with Crippen LogP contribution < -0.4 is 4.90 Å². The van der Waals surface area contributed by atoms with Gasteiger partial charge in [0.1, 0.15) is 0 Å². The summed E-state index contributed by atoms with van der Waals surface area (Å²) in [6.45, 7) is 7.71. The van der Waals surface area contributed by atoms with Crippen molar-refractivity contribution in [1.29, 1.82) is 0 Å². The van der Waals surface area contributed by atoms with Gasteiger partial charge >= 0.3 is 5.97 Å². The molecule has 2 heterocycles. The zero-order chi connectivity index (χ0) is 13.8. The van der Waals surface area contributed by atoms with E-state index in [2.05, 4.69) is 15.1 Å². The van der Waals surface area contributed by atoms with Gasteiger partial charge in [0, 0.05) is 13.1 Å². The van der Waals surface area contributed by atoms with Gasteiger partial charge in [-0.15, -0.1) is 10.2 Å². The molecule has 0 amide bonds. The third kappa shape index (κ3) is 3.41. The van der Waals surface area contributed by atoms with Crippen LogP contribution in [0.25, 0.3) is 0 Å².